The van der Waals surface area contributed by atoms with Gasteiger partial charge in [-0.25, -0.2) is 4.79 Å². The second-order valence-electron chi connectivity index (χ2n) is 4.46. The van der Waals surface area contributed by atoms with Crippen LogP contribution in [0.15, 0.2) is 60.8 Å². The molecule has 3 rings (SSSR count). The predicted molar refractivity (Wildman–Crippen MR) is 83.5 cm³/mol. The van der Waals surface area contributed by atoms with Gasteiger partial charge in [-0.1, -0.05) is 18.2 Å². The number of aromatic hydroxyl groups is 1. The van der Waals surface area contributed by atoms with Gasteiger partial charge in [0.15, 0.2) is 0 Å². The van der Waals surface area contributed by atoms with Crippen molar-refractivity contribution in [3.05, 3.63) is 76.5 Å². The number of fused-ring (bicyclic) bond motifs is 1. The molecule has 0 fully saturated rings. The van der Waals surface area contributed by atoms with Crippen LogP contribution in [0.25, 0.3) is 10.9 Å². The number of carbonyl (C=O) groups is 1. The molecule has 0 saturated carbocycles. The van der Waals surface area contributed by atoms with E-state index >= 15 is 0 Å². The topological polar surface area (TPSA) is 114 Å². The van der Waals surface area contributed by atoms with E-state index in [9.17, 15) is 20.0 Å². The SMILES string of the molecule is O=C(O)c1ccc([N+](=O)[O-])cc1.Oc1cccc2cccnc12. The molecule has 0 saturated heterocycles. The molecule has 1 heterocycles. The van der Waals surface area contributed by atoms with Crippen molar-refractivity contribution in [2.24, 2.45) is 0 Å². The van der Waals surface area contributed by atoms with Crippen LogP contribution in [0.5, 0.6) is 5.75 Å². The third kappa shape index (κ3) is 4.01. The van der Waals surface area contributed by atoms with Crippen LogP contribution in [0.4, 0.5) is 5.69 Å². The van der Waals surface area contributed by atoms with E-state index in [1.54, 1.807) is 18.3 Å². The summed E-state index contributed by atoms with van der Waals surface area (Å²) < 4.78 is 0. The van der Waals surface area contributed by atoms with Crippen molar-refractivity contribution in [1.29, 1.82) is 0 Å². The van der Waals surface area contributed by atoms with E-state index < -0.39 is 10.9 Å². The van der Waals surface area contributed by atoms with Crippen LogP contribution in [0.3, 0.4) is 0 Å². The van der Waals surface area contributed by atoms with Crippen molar-refractivity contribution in [3.8, 4) is 5.75 Å². The van der Waals surface area contributed by atoms with Crippen LogP contribution in [0, 0.1) is 10.1 Å². The first-order valence-corrected chi connectivity index (χ1v) is 6.49. The van der Waals surface area contributed by atoms with E-state index in [2.05, 4.69) is 4.98 Å². The number of nitro groups is 1. The zero-order chi connectivity index (χ0) is 16.8. The number of benzene rings is 2. The van der Waals surface area contributed by atoms with Crippen LogP contribution in [-0.4, -0.2) is 26.1 Å². The second-order valence-corrected chi connectivity index (χ2v) is 4.46. The van der Waals surface area contributed by atoms with Crippen molar-refractivity contribution in [2.75, 3.05) is 0 Å². The lowest BCUT2D eigenvalue weighted by molar-refractivity contribution is -0.384. The maximum Gasteiger partial charge on any atom is 0.335 e. The van der Waals surface area contributed by atoms with E-state index in [1.165, 1.54) is 12.1 Å². The van der Waals surface area contributed by atoms with Gasteiger partial charge in [0.1, 0.15) is 11.3 Å². The molecule has 2 N–H and O–H groups in total. The summed E-state index contributed by atoms with van der Waals surface area (Å²) in [6, 6.07) is 13.8. The number of non-ortho nitro benzene ring substituents is 1. The van der Waals surface area contributed by atoms with Crippen LogP contribution in [-0.2, 0) is 0 Å². The Labute approximate surface area is 130 Å². The molecule has 0 unspecified atom stereocenters. The average molecular weight is 312 g/mol. The minimum Gasteiger partial charge on any atom is -0.506 e. The lowest BCUT2D eigenvalue weighted by Gasteiger charge is -1.96. The second kappa shape index (κ2) is 6.99. The molecule has 0 atom stereocenters. The Morgan fingerprint density at radius 1 is 1.04 bits per heavy atom. The van der Waals surface area contributed by atoms with Gasteiger partial charge in [0.25, 0.3) is 5.69 Å². The largest absolute Gasteiger partial charge is 0.506 e. The lowest BCUT2D eigenvalue weighted by atomic mass is 10.2. The minimum atomic E-state index is -1.09. The molecule has 0 aliphatic rings. The summed E-state index contributed by atoms with van der Waals surface area (Å²) in [5.74, 6) is -0.854. The van der Waals surface area contributed by atoms with Gasteiger partial charge >= 0.3 is 5.97 Å². The molecular weight excluding hydrogens is 300 g/mol. The number of aromatic carboxylic acids is 1. The number of nitrogens with zero attached hydrogens (tertiary/aromatic N) is 2. The number of hydrogen-bond donors (Lipinski definition) is 2. The van der Waals surface area contributed by atoms with Gasteiger partial charge in [-0.15, -0.1) is 0 Å². The normalized spacial score (nSPS) is 9.74. The predicted octanol–water partition coefficient (Wildman–Crippen LogP) is 3.23. The standard InChI is InChI=1S/C9H7NO.C7H5NO4/c11-8-5-1-3-7-4-2-6-10-9(7)8;9-7(10)5-1-3-6(4-2-5)8(11)12/h1-6,11H;1-4H,(H,9,10). The zero-order valence-corrected chi connectivity index (χ0v) is 11.8. The Balaban J connectivity index is 0.000000167. The first-order chi connectivity index (χ1) is 11.0. The van der Waals surface area contributed by atoms with Gasteiger partial charge < -0.3 is 10.2 Å². The van der Waals surface area contributed by atoms with Crippen molar-refractivity contribution >= 4 is 22.6 Å². The molecule has 0 spiro atoms. The minimum absolute atomic E-state index is 0.0422. The smallest absolute Gasteiger partial charge is 0.335 e. The molecule has 3 aromatic rings. The number of carboxylic acids is 1. The molecule has 7 heteroatoms. The molecule has 1 aromatic heterocycles. The van der Waals surface area contributed by atoms with Crippen LogP contribution < -0.4 is 0 Å². The quantitative estimate of drug-likeness (QED) is 0.554. The molecule has 2 aromatic carbocycles. The molecule has 116 valence electrons. The third-order valence-corrected chi connectivity index (χ3v) is 2.94. The van der Waals surface area contributed by atoms with Gasteiger partial charge in [0, 0.05) is 23.7 Å². The Bertz CT molecular complexity index is 808. The van der Waals surface area contributed by atoms with Gasteiger partial charge in [-0.05, 0) is 24.3 Å². The fraction of sp³-hybridized carbons (Fsp3) is 0. The molecule has 0 aliphatic carbocycles. The summed E-state index contributed by atoms with van der Waals surface area (Å²) >= 11 is 0. The number of rotatable bonds is 2. The van der Waals surface area contributed by atoms with Crippen molar-refractivity contribution in [3.63, 3.8) is 0 Å². The maximum absolute atomic E-state index is 10.3. The highest BCUT2D eigenvalue weighted by molar-refractivity contribution is 5.87. The van der Waals surface area contributed by atoms with Gasteiger partial charge in [0.05, 0.1) is 10.5 Å². The number of carboxylic acid groups (broad SMARTS) is 1. The third-order valence-electron chi connectivity index (χ3n) is 2.94. The number of aromatic nitrogens is 1. The van der Waals surface area contributed by atoms with E-state index in [0.29, 0.717) is 5.52 Å². The molecule has 7 nitrogen and oxygen atoms in total. The first-order valence-electron chi connectivity index (χ1n) is 6.49. The molecule has 23 heavy (non-hydrogen) atoms. The highest BCUT2D eigenvalue weighted by Gasteiger charge is 2.06. The number of nitro benzene ring substituents is 1. The number of para-hydroxylation sites is 1. The van der Waals surface area contributed by atoms with Crippen molar-refractivity contribution in [2.45, 2.75) is 0 Å². The fourth-order valence-corrected chi connectivity index (χ4v) is 1.81. The highest BCUT2D eigenvalue weighted by Crippen LogP contribution is 2.20. The summed E-state index contributed by atoms with van der Waals surface area (Å²) in [5, 5.41) is 28.9. The average Bonchev–Trinajstić information content (AvgIpc) is 2.56. The van der Waals surface area contributed by atoms with Gasteiger partial charge in [0.2, 0.25) is 0 Å². The number of pyridine rings is 1. The monoisotopic (exact) mass is 312 g/mol. The Morgan fingerprint density at radius 2 is 1.70 bits per heavy atom. The summed E-state index contributed by atoms with van der Waals surface area (Å²) in [6.07, 6.45) is 1.67. The van der Waals surface area contributed by atoms with Crippen LogP contribution in [0.1, 0.15) is 10.4 Å². The maximum atomic E-state index is 10.3. The Hall–Kier alpha value is -3.48. The first kappa shape index (κ1) is 15.9. The van der Waals surface area contributed by atoms with E-state index in [1.807, 2.05) is 18.2 Å². The summed E-state index contributed by atoms with van der Waals surface area (Å²) in [4.78, 5) is 23.9. The number of phenols is 1. The molecular formula is C16H12N2O5. The van der Waals surface area contributed by atoms with Crippen LogP contribution in [0.2, 0.25) is 0 Å². The Morgan fingerprint density at radius 3 is 2.26 bits per heavy atom. The van der Waals surface area contributed by atoms with Gasteiger partial charge in [-0.2, -0.15) is 0 Å². The molecule has 0 amide bonds. The summed E-state index contributed by atoms with van der Waals surface area (Å²) in [5.41, 5.74) is 0.593. The van der Waals surface area contributed by atoms with E-state index in [4.69, 9.17) is 5.11 Å². The molecule has 0 aliphatic heterocycles. The summed E-state index contributed by atoms with van der Waals surface area (Å²) in [6.45, 7) is 0. The summed E-state index contributed by atoms with van der Waals surface area (Å²) in [7, 11) is 0. The molecule has 0 radical (unpaired) electrons. The zero-order valence-electron chi connectivity index (χ0n) is 11.8. The number of phenolic OH excluding ortho intramolecular Hbond substituents is 1. The molecule has 0 bridgehead atoms. The van der Waals surface area contributed by atoms with Crippen molar-refractivity contribution < 1.29 is 19.9 Å². The van der Waals surface area contributed by atoms with Gasteiger partial charge in [-0.3, -0.25) is 15.1 Å². The van der Waals surface area contributed by atoms with E-state index in [0.717, 1.165) is 17.5 Å². The number of hydrogen-bond acceptors (Lipinski definition) is 5. The fourth-order valence-electron chi connectivity index (χ4n) is 1.81. The highest BCUT2D eigenvalue weighted by atomic mass is 16.6. The Kier molecular flexibility index (Phi) is 4.83. The van der Waals surface area contributed by atoms with Crippen molar-refractivity contribution in [1.82, 2.24) is 4.98 Å². The van der Waals surface area contributed by atoms with E-state index in [-0.39, 0.29) is 17.0 Å². The lowest BCUT2D eigenvalue weighted by Crippen LogP contribution is -1.96. The van der Waals surface area contributed by atoms with Crippen LogP contribution >= 0.6 is 0 Å².